The molecule has 8 heteroatoms. The van der Waals surface area contributed by atoms with Crippen molar-refractivity contribution in [3.63, 3.8) is 0 Å². The van der Waals surface area contributed by atoms with Crippen LogP contribution >= 0.6 is 15.9 Å². The highest BCUT2D eigenvalue weighted by atomic mass is 79.9. The summed E-state index contributed by atoms with van der Waals surface area (Å²) in [6, 6.07) is 9.74. The van der Waals surface area contributed by atoms with Gasteiger partial charge in [-0.15, -0.1) is 0 Å². The lowest BCUT2D eigenvalue weighted by Crippen LogP contribution is -2.04. The molecule has 2 aliphatic heterocycles. The summed E-state index contributed by atoms with van der Waals surface area (Å²) in [5.74, 6) is 1.57. The second-order valence-corrected chi connectivity index (χ2v) is 6.49. The monoisotopic (exact) mass is 413 g/mol. The van der Waals surface area contributed by atoms with Crippen LogP contribution in [0.4, 0.5) is 0 Å². The van der Waals surface area contributed by atoms with Crippen LogP contribution in [-0.2, 0) is 6.54 Å². The number of benzene rings is 1. The molecule has 0 saturated heterocycles. The lowest BCUT2D eigenvalue weighted by Gasteiger charge is -2.04. The minimum atomic E-state index is 0.463. The van der Waals surface area contributed by atoms with Gasteiger partial charge < -0.3 is 9.26 Å². The molecule has 132 valence electrons. The molecule has 0 atom stereocenters. The first kappa shape index (κ1) is 16.7. The average Bonchev–Trinajstić information content (AvgIpc) is 3.26. The van der Waals surface area contributed by atoms with Crippen molar-refractivity contribution in [3.8, 4) is 28.4 Å². The van der Waals surface area contributed by atoms with Crippen LogP contribution in [0.2, 0.25) is 0 Å². The molecular formula is C18H16BrN5O2. The number of halogens is 1. The molecule has 3 heterocycles. The zero-order valence-electron chi connectivity index (χ0n) is 14.1. The third-order valence-corrected chi connectivity index (χ3v) is 4.14. The van der Waals surface area contributed by atoms with Crippen LogP contribution in [0.15, 0.2) is 52.0 Å². The van der Waals surface area contributed by atoms with Crippen molar-refractivity contribution < 1.29 is 9.26 Å². The smallest absolute Gasteiger partial charge is 0.197 e. The maximum absolute atomic E-state index is 5.60. The lowest BCUT2D eigenvalue weighted by molar-refractivity contribution is 0.317. The van der Waals surface area contributed by atoms with Crippen molar-refractivity contribution >= 4 is 15.9 Å². The summed E-state index contributed by atoms with van der Waals surface area (Å²) in [7, 11) is 0. The Balaban J connectivity index is 1.49. The first-order chi connectivity index (χ1) is 12.7. The number of hydrogen-bond donors (Lipinski definition) is 0. The Morgan fingerprint density at radius 1 is 1.12 bits per heavy atom. The highest BCUT2D eigenvalue weighted by molar-refractivity contribution is 9.10. The Labute approximate surface area is 158 Å². The van der Waals surface area contributed by atoms with Gasteiger partial charge in [-0.25, -0.2) is 9.97 Å². The molecule has 7 nitrogen and oxygen atoms in total. The molecular weight excluding hydrogens is 398 g/mol. The van der Waals surface area contributed by atoms with E-state index in [4.69, 9.17) is 9.26 Å². The van der Waals surface area contributed by atoms with Crippen molar-refractivity contribution in [1.82, 2.24) is 24.9 Å². The van der Waals surface area contributed by atoms with Gasteiger partial charge >= 0.3 is 0 Å². The van der Waals surface area contributed by atoms with Gasteiger partial charge in [-0.3, -0.25) is 4.68 Å². The van der Waals surface area contributed by atoms with Gasteiger partial charge in [0.05, 0.1) is 19.0 Å². The summed E-state index contributed by atoms with van der Waals surface area (Å²) in [6.07, 6.45) is 4.49. The third kappa shape index (κ3) is 3.60. The van der Waals surface area contributed by atoms with Crippen LogP contribution in [0.3, 0.4) is 0 Å². The Kier molecular flexibility index (Phi) is 4.66. The number of hydrogen-bond acceptors (Lipinski definition) is 6. The molecule has 0 N–H and O–H groups in total. The zero-order chi connectivity index (χ0) is 17.9. The standard InChI is InChI=1S/C18H16BrN5O2/c1-2-7-25-13-5-3-12(4-6-13)15-8-14(26-23-15)10-24-11-17-16(9-20-24)21-18(19)22-17/h3-6,8-9,11H,2,7,10H2,1H3. The summed E-state index contributed by atoms with van der Waals surface area (Å²) in [6.45, 7) is 3.26. The minimum absolute atomic E-state index is 0.463. The fraction of sp³-hybridized carbons (Fsp3) is 0.222. The van der Waals surface area contributed by atoms with Gasteiger partial charge in [-0.1, -0.05) is 12.1 Å². The summed E-state index contributed by atoms with van der Waals surface area (Å²) in [4.78, 5) is 8.50. The molecule has 0 aliphatic carbocycles. The molecule has 0 amide bonds. The first-order valence-electron chi connectivity index (χ1n) is 8.26. The predicted molar refractivity (Wildman–Crippen MR) is 99.0 cm³/mol. The summed E-state index contributed by atoms with van der Waals surface area (Å²) >= 11 is 3.27. The number of ether oxygens (including phenoxy) is 1. The van der Waals surface area contributed by atoms with Gasteiger partial charge in [-0.2, -0.15) is 5.10 Å². The van der Waals surface area contributed by atoms with E-state index >= 15 is 0 Å². The van der Waals surface area contributed by atoms with Crippen molar-refractivity contribution in [2.45, 2.75) is 19.9 Å². The van der Waals surface area contributed by atoms with Gasteiger partial charge in [0.25, 0.3) is 0 Å². The highest BCUT2D eigenvalue weighted by Gasteiger charge is 2.12. The van der Waals surface area contributed by atoms with E-state index < -0.39 is 0 Å². The maximum Gasteiger partial charge on any atom is 0.197 e. The van der Waals surface area contributed by atoms with Crippen molar-refractivity contribution in [1.29, 1.82) is 0 Å². The largest absolute Gasteiger partial charge is 0.494 e. The van der Waals surface area contributed by atoms with Gasteiger partial charge in [0, 0.05) is 11.6 Å². The fourth-order valence-corrected chi connectivity index (χ4v) is 2.93. The summed E-state index contributed by atoms with van der Waals surface area (Å²) < 4.78 is 13.3. The lowest BCUT2D eigenvalue weighted by atomic mass is 10.1. The normalized spacial score (nSPS) is 11.2. The zero-order valence-corrected chi connectivity index (χ0v) is 15.7. The van der Waals surface area contributed by atoms with E-state index in [0.29, 0.717) is 23.6 Å². The van der Waals surface area contributed by atoms with Crippen molar-refractivity contribution in [2.24, 2.45) is 0 Å². The van der Waals surface area contributed by atoms with Gasteiger partial charge in [0.2, 0.25) is 0 Å². The fourth-order valence-electron chi connectivity index (χ4n) is 2.54. The van der Waals surface area contributed by atoms with Gasteiger partial charge in [-0.05, 0) is 46.6 Å². The molecule has 0 unspecified atom stereocenters. The molecule has 26 heavy (non-hydrogen) atoms. The Morgan fingerprint density at radius 2 is 1.92 bits per heavy atom. The van der Waals surface area contributed by atoms with Crippen LogP contribution < -0.4 is 4.74 Å². The highest BCUT2D eigenvalue weighted by Crippen LogP contribution is 2.23. The SMILES string of the molecule is CCCOc1ccc(-c2cc(Cn3cc4nc(Br)nc-4cn3)on2)cc1. The van der Waals surface area contributed by atoms with Crippen LogP contribution in [0, 0.1) is 0 Å². The maximum atomic E-state index is 5.60. The molecule has 4 rings (SSSR count). The van der Waals surface area contributed by atoms with E-state index in [1.807, 2.05) is 36.5 Å². The third-order valence-electron chi connectivity index (χ3n) is 3.79. The summed E-state index contributed by atoms with van der Waals surface area (Å²) in [5.41, 5.74) is 3.27. The van der Waals surface area contributed by atoms with E-state index in [-0.39, 0.29) is 0 Å². The molecule has 0 saturated carbocycles. The van der Waals surface area contributed by atoms with Crippen LogP contribution in [-0.4, -0.2) is 31.5 Å². The van der Waals surface area contributed by atoms with Gasteiger partial charge in [0.1, 0.15) is 29.4 Å². The molecule has 0 radical (unpaired) electrons. The Morgan fingerprint density at radius 3 is 2.73 bits per heavy atom. The first-order valence-corrected chi connectivity index (χ1v) is 9.05. The predicted octanol–water partition coefficient (Wildman–Crippen LogP) is 4.03. The molecule has 0 bridgehead atoms. The molecule has 2 aromatic rings. The van der Waals surface area contributed by atoms with Crippen LogP contribution in [0.25, 0.3) is 22.6 Å². The minimum Gasteiger partial charge on any atom is -0.494 e. The number of fused-ring (bicyclic) bond motifs is 1. The number of imidazole rings is 1. The van der Waals surface area contributed by atoms with Crippen molar-refractivity contribution in [2.75, 3.05) is 6.61 Å². The number of rotatable bonds is 6. The van der Waals surface area contributed by atoms with Crippen molar-refractivity contribution in [3.05, 3.63) is 53.2 Å². The molecule has 0 fully saturated rings. The van der Waals surface area contributed by atoms with Gasteiger partial charge in [0.15, 0.2) is 10.5 Å². The molecule has 1 aromatic carbocycles. The molecule has 1 aromatic heterocycles. The van der Waals surface area contributed by atoms with Crippen LogP contribution in [0.5, 0.6) is 5.75 Å². The Hall–Kier alpha value is -2.74. The quantitative estimate of drug-likeness (QED) is 0.474. The second-order valence-electron chi connectivity index (χ2n) is 5.79. The van der Waals surface area contributed by atoms with E-state index in [1.54, 1.807) is 10.9 Å². The second kappa shape index (κ2) is 7.25. The number of nitrogens with zero attached hydrogens (tertiary/aromatic N) is 5. The molecule has 0 spiro atoms. The Bertz CT molecular complexity index is 979. The topological polar surface area (TPSA) is 78.9 Å². The molecule has 2 aliphatic rings. The van der Waals surface area contributed by atoms with E-state index in [9.17, 15) is 0 Å². The van der Waals surface area contributed by atoms with E-state index in [1.165, 1.54) is 0 Å². The van der Waals surface area contributed by atoms with E-state index in [0.717, 1.165) is 34.8 Å². The summed E-state index contributed by atoms with van der Waals surface area (Å²) in [5, 5.41) is 8.48. The number of aromatic nitrogens is 5. The van der Waals surface area contributed by atoms with E-state index in [2.05, 4.69) is 43.1 Å². The average molecular weight is 414 g/mol. The van der Waals surface area contributed by atoms with Crippen LogP contribution in [0.1, 0.15) is 19.1 Å².